The second kappa shape index (κ2) is 7.64. The third-order valence-corrected chi connectivity index (χ3v) is 3.23. The summed E-state index contributed by atoms with van der Waals surface area (Å²) in [5, 5.41) is 3.25. The lowest BCUT2D eigenvalue weighted by Crippen LogP contribution is -2.36. The van der Waals surface area contributed by atoms with E-state index in [1.165, 1.54) is 4.90 Å². The molecule has 0 aliphatic heterocycles. The van der Waals surface area contributed by atoms with E-state index < -0.39 is 12.7 Å². The molecule has 1 N–H and O–H groups in total. The van der Waals surface area contributed by atoms with Crippen LogP contribution < -0.4 is 10.2 Å². The molecule has 0 amide bonds. The highest BCUT2D eigenvalue weighted by Gasteiger charge is 2.31. The van der Waals surface area contributed by atoms with Gasteiger partial charge in [0.25, 0.3) is 0 Å². The Balaban J connectivity index is 3.11. The summed E-state index contributed by atoms with van der Waals surface area (Å²) in [4.78, 5) is 5.65. The number of aromatic nitrogens is 1. The Morgan fingerprint density at radius 1 is 1.24 bits per heavy atom. The van der Waals surface area contributed by atoms with Crippen LogP contribution in [0.15, 0.2) is 6.07 Å². The summed E-state index contributed by atoms with van der Waals surface area (Å²) in [5.41, 5.74) is 2.56. The standard InChI is InChI=1S/C15H24F3N3/c1-5-7-19-9-13-11(3)8-12(4)20-14(13)21(6-2)10-15(16,17)18/h8,19H,5-7,9-10H2,1-4H3. The molecule has 1 aromatic heterocycles. The number of nitrogens with zero attached hydrogens (tertiary/aromatic N) is 2. The van der Waals surface area contributed by atoms with Crippen molar-refractivity contribution in [1.29, 1.82) is 0 Å². The van der Waals surface area contributed by atoms with Crippen LogP contribution in [0.3, 0.4) is 0 Å². The maximum atomic E-state index is 12.7. The fourth-order valence-corrected chi connectivity index (χ4v) is 2.27. The van der Waals surface area contributed by atoms with Gasteiger partial charge in [0, 0.05) is 24.3 Å². The van der Waals surface area contributed by atoms with Gasteiger partial charge in [0.1, 0.15) is 12.4 Å². The van der Waals surface area contributed by atoms with Crippen molar-refractivity contribution in [3.8, 4) is 0 Å². The molecule has 0 fully saturated rings. The monoisotopic (exact) mass is 303 g/mol. The van der Waals surface area contributed by atoms with Gasteiger partial charge in [-0.25, -0.2) is 4.98 Å². The van der Waals surface area contributed by atoms with Crippen LogP contribution in [0.25, 0.3) is 0 Å². The van der Waals surface area contributed by atoms with E-state index in [-0.39, 0.29) is 6.54 Å². The first-order valence-corrected chi connectivity index (χ1v) is 7.28. The largest absolute Gasteiger partial charge is 0.405 e. The SMILES string of the molecule is CCCNCc1c(C)cc(C)nc1N(CC)CC(F)(F)F. The Labute approximate surface area is 124 Å². The molecule has 0 aliphatic rings. The predicted molar refractivity (Wildman–Crippen MR) is 79.7 cm³/mol. The number of anilines is 1. The normalized spacial score (nSPS) is 11.8. The fourth-order valence-electron chi connectivity index (χ4n) is 2.27. The van der Waals surface area contributed by atoms with E-state index in [1.807, 2.05) is 13.0 Å². The first-order valence-electron chi connectivity index (χ1n) is 7.28. The van der Waals surface area contributed by atoms with Crippen LogP contribution in [0.2, 0.25) is 0 Å². The van der Waals surface area contributed by atoms with Crippen molar-refractivity contribution >= 4 is 5.82 Å². The molecule has 0 aliphatic carbocycles. The minimum Gasteiger partial charge on any atom is -0.348 e. The van der Waals surface area contributed by atoms with Gasteiger partial charge in [-0.15, -0.1) is 0 Å². The molecule has 0 saturated heterocycles. The Bertz CT molecular complexity index is 458. The number of hydrogen-bond donors (Lipinski definition) is 1. The highest BCUT2D eigenvalue weighted by Crippen LogP contribution is 2.26. The van der Waals surface area contributed by atoms with Crippen LogP contribution in [0.1, 0.15) is 37.1 Å². The summed E-state index contributed by atoms with van der Waals surface area (Å²) >= 11 is 0. The van der Waals surface area contributed by atoms with Gasteiger partial charge in [0.05, 0.1) is 0 Å². The number of aryl methyl sites for hydroxylation is 2. The topological polar surface area (TPSA) is 28.2 Å². The van der Waals surface area contributed by atoms with E-state index in [9.17, 15) is 13.2 Å². The molecule has 6 heteroatoms. The molecular formula is C15H24F3N3. The van der Waals surface area contributed by atoms with E-state index in [0.29, 0.717) is 12.4 Å². The second-order valence-electron chi connectivity index (χ2n) is 5.19. The van der Waals surface area contributed by atoms with Gasteiger partial charge >= 0.3 is 6.18 Å². The minimum atomic E-state index is -4.23. The lowest BCUT2D eigenvalue weighted by Gasteiger charge is -2.27. The van der Waals surface area contributed by atoms with Gasteiger partial charge in [0.15, 0.2) is 0 Å². The number of hydrogen-bond acceptors (Lipinski definition) is 3. The smallest absolute Gasteiger partial charge is 0.348 e. The molecule has 0 atom stereocenters. The van der Waals surface area contributed by atoms with Gasteiger partial charge < -0.3 is 10.2 Å². The number of nitrogens with one attached hydrogen (secondary N) is 1. The van der Waals surface area contributed by atoms with Gasteiger partial charge in [-0.05, 0) is 45.4 Å². The highest BCUT2D eigenvalue weighted by molar-refractivity contribution is 5.51. The molecule has 0 radical (unpaired) electrons. The average Bonchev–Trinajstić information content (AvgIpc) is 2.37. The van der Waals surface area contributed by atoms with Crippen molar-refractivity contribution in [1.82, 2.24) is 10.3 Å². The van der Waals surface area contributed by atoms with Crippen LogP contribution in [-0.4, -0.2) is 30.8 Å². The van der Waals surface area contributed by atoms with Crippen LogP contribution in [-0.2, 0) is 6.54 Å². The first-order chi connectivity index (χ1) is 9.78. The Kier molecular flexibility index (Phi) is 6.45. The molecule has 1 aromatic rings. The highest BCUT2D eigenvalue weighted by atomic mass is 19.4. The molecule has 0 spiro atoms. The van der Waals surface area contributed by atoms with Crippen LogP contribution >= 0.6 is 0 Å². The summed E-state index contributed by atoms with van der Waals surface area (Å²) in [5.74, 6) is 0.441. The Morgan fingerprint density at radius 2 is 1.90 bits per heavy atom. The Morgan fingerprint density at radius 3 is 2.43 bits per heavy atom. The van der Waals surface area contributed by atoms with Crippen molar-refractivity contribution in [2.45, 2.75) is 46.8 Å². The van der Waals surface area contributed by atoms with Gasteiger partial charge in [0.2, 0.25) is 0 Å². The lowest BCUT2D eigenvalue weighted by atomic mass is 10.1. The summed E-state index contributed by atoms with van der Waals surface area (Å²) in [6.45, 7) is 8.17. The zero-order valence-corrected chi connectivity index (χ0v) is 13.1. The molecule has 120 valence electrons. The van der Waals surface area contributed by atoms with Crippen molar-refractivity contribution in [3.63, 3.8) is 0 Å². The molecule has 0 bridgehead atoms. The number of halogens is 3. The van der Waals surface area contributed by atoms with Crippen LogP contribution in [0, 0.1) is 13.8 Å². The maximum absolute atomic E-state index is 12.7. The van der Waals surface area contributed by atoms with Crippen molar-refractivity contribution in [2.24, 2.45) is 0 Å². The molecule has 21 heavy (non-hydrogen) atoms. The van der Waals surface area contributed by atoms with E-state index in [1.54, 1.807) is 13.8 Å². The summed E-state index contributed by atoms with van der Waals surface area (Å²) in [7, 11) is 0. The summed E-state index contributed by atoms with van der Waals surface area (Å²) in [6, 6.07) is 1.91. The zero-order chi connectivity index (χ0) is 16.0. The third kappa shape index (κ3) is 5.53. The quantitative estimate of drug-likeness (QED) is 0.780. The van der Waals surface area contributed by atoms with Crippen LogP contribution in [0.5, 0.6) is 0 Å². The fraction of sp³-hybridized carbons (Fsp3) is 0.667. The van der Waals surface area contributed by atoms with E-state index >= 15 is 0 Å². The molecule has 0 aromatic carbocycles. The molecule has 3 nitrogen and oxygen atoms in total. The van der Waals surface area contributed by atoms with E-state index in [0.717, 1.165) is 29.8 Å². The van der Waals surface area contributed by atoms with Crippen molar-refractivity contribution in [3.05, 3.63) is 22.9 Å². The Hall–Kier alpha value is -1.30. The predicted octanol–water partition coefficient (Wildman–Crippen LogP) is 3.59. The second-order valence-corrected chi connectivity index (χ2v) is 5.19. The molecular weight excluding hydrogens is 279 g/mol. The number of pyridine rings is 1. The van der Waals surface area contributed by atoms with Crippen molar-refractivity contribution < 1.29 is 13.2 Å². The summed E-state index contributed by atoms with van der Waals surface area (Å²) in [6.07, 6.45) is -3.25. The minimum absolute atomic E-state index is 0.274. The van der Waals surface area contributed by atoms with Gasteiger partial charge in [-0.3, -0.25) is 0 Å². The maximum Gasteiger partial charge on any atom is 0.405 e. The van der Waals surface area contributed by atoms with Crippen LogP contribution in [0.4, 0.5) is 19.0 Å². The molecule has 0 unspecified atom stereocenters. The lowest BCUT2D eigenvalue weighted by molar-refractivity contribution is -0.119. The molecule has 1 rings (SSSR count). The third-order valence-electron chi connectivity index (χ3n) is 3.23. The average molecular weight is 303 g/mol. The van der Waals surface area contributed by atoms with E-state index in [2.05, 4.69) is 17.2 Å². The summed E-state index contributed by atoms with van der Waals surface area (Å²) < 4.78 is 38.2. The number of alkyl halides is 3. The van der Waals surface area contributed by atoms with Gasteiger partial charge in [-0.1, -0.05) is 6.92 Å². The molecule has 1 heterocycles. The van der Waals surface area contributed by atoms with Gasteiger partial charge in [-0.2, -0.15) is 13.2 Å². The zero-order valence-electron chi connectivity index (χ0n) is 13.1. The number of rotatable bonds is 7. The van der Waals surface area contributed by atoms with Crippen molar-refractivity contribution in [2.75, 3.05) is 24.5 Å². The first kappa shape index (κ1) is 17.8. The van der Waals surface area contributed by atoms with E-state index in [4.69, 9.17) is 0 Å². The molecule has 0 saturated carbocycles.